The summed E-state index contributed by atoms with van der Waals surface area (Å²) >= 11 is 0. The lowest BCUT2D eigenvalue weighted by Gasteiger charge is -2.30. The van der Waals surface area contributed by atoms with Crippen molar-refractivity contribution in [2.24, 2.45) is 17.1 Å². The van der Waals surface area contributed by atoms with E-state index in [-0.39, 0.29) is 11.3 Å². The Balaban J connectivity index is 2.47. The van der Waals surface area contributed by atoms with Gasteiger partial charge >= 0.3 is 0 Å². The van der Waals surface area contributed by atoms with Gasteiger partial charge in [-0.25, -0.2) is 4.98 Å². The van der Waals surface area contributed by atoms with Gasteiger partial charge in [0.1, 0.15) is 5.82 Å². The van der Waals surface area contributed by atoms with Crippen molar-refractivity contribution >= 4 is 11.7 Å². The fourth-order valence-electron chi connectivity index (χ4n) is 2.26. The lowest BCUT2D eigenvalue weighted by Crippen LogP contribution is -2.25. The predicted molar refractivity (Wildman–Crippen MR) is 83.5 cm³/mol. The number of aryl methyl sites for hydroxylation is 1. The van der Waals surface area contributed by atoms with Crippen LogP contribution in [0, 0.1) is 18.3 Å². The fourth-order valence-corrected chi connectivity index (χ4v) is 2.26. The van der Waals surface area contributed by atoms with E-state index in [1.54, 1.807) is 6.20 Å². The van der Waals surface area contributed by atoms with Gasteiger partial charge in [-0.15, -0.1) is 0 Å². The molecule has 1 heterocycles. The van der Waals surface area contributed by atoms with Crippen molar-refractivity contribution in [1.29, 1.82) is 0 Å². The first-order chi connectivity index (χ1) is 9.32. The molecule has 1 atom stereocenters. The standard InChI is InChI=1S/C16H27N3O/c1-12-5-7-14(18-11-12)19-15(20)8-6-13(9-10-17)16(2,3)4/h5,7,11,13H,6,8-10,17H2,1-4H3,(H,18,19,20). The first-order valence-electron chi connectivity index (χ1n) is 7.25. The maximum absolute atomic E-state index is 12.0. The van der Waals surface area contributed by atoms with Gasteiger partial charge in [0.2, 0.25) is 5.91 Å². The van der Waals surface area contributed by atoms with Crippen LogP contribution in [0.15, 0.2) is 18.3 Å². The summed E-state index contributed by atoms with van der Waals surface area (Å²) in [7, 11) is 0. The minimum atomic E-state index is 0.0209. The Kier molecular flexibility index (Phi) is 6.14. The highest BCUT2D eigenvalue weighted by Gasteiger charge is 2.24. The van der Waals surface area contributed by atoms with E-state index in [1.807, 2.05) is 19.1 Å². The molecule has 4 heteroatoms. The normalized spacial score (nSPS) is 13.1. The Morgan fingerprint density at radius 3 is 2.55 bits per heavy atom. The first-order valence-corrected chi connectivity index (χ1v) is 7.25. The Bertz CT molecular complexity index is 420. The molecule has 0 radical (unpaired) electrons. The third-order valence-corrected chi connectivity index (χ3v) is 3.64. The van der Waals surface area contributed by atoms with E-state index in [2.05, 4.69) is 31.1 Å². The number of nitrogens with one attached hydrogen (secondary N) is 1. The molecule has 1 amide bonds. The fraction of sp³-hybridized carbons (Fsp3) is 0.625. The summed E-state index contributed by atoms with van der Waals surface area (Å²) in [6.07, 6.45) is 4.08. The van der Waals surface area contributed by atoms with Gasteiger partial charge in [0, 0.05) is 12.6 Å². The van der Waals surface area contributed by atoms with Gasteiger partial charge in [-0.1, -0.05) is 26.8 Å². The van der Waals surface area contributed by atoms with Crippen LogP contribution in [-0.4, -0.2) is 17.4 Å². The van der Waals surface area contributed by atoms with Crippen molar-refractivity contribution in [2.75, 3.05) is 11.9 Å². The van der Waals surface area contributed by atoms with Crippen LogP contribution in [0.2, 0.25) is 0 Å². The summed E-state index contributed by atoms with van der Waals surface area (Å²) in [5.41, 5.74) is 6.92. The second-order valence-corrected chi connectivity index (χ2v) is 6.45. The van der Waals surface area contributed by atoms with E-state index in [0.717, 1.165) is 18.4 Å². The van der Waals surface area contributed by atoms with Crippen LogP contribution in [0.4, 0.5) is 5.82 Å². The highest BCUT2D eigenvalue weighted by Crippen LogP contribution is 2.32. The van der Waals surface area contributed by atoms with Crippen molar-refractivity contribution in [3.63, 3.8) is 0 Å². The van der Waals surface area contributed by atoms with Crippen molar-refractivity contribution in [3.05, 3.63) is 23.9 Å². The van der Waals surface area contributed by atoms with Crippen LogP contribution >= 0.6 is 0 Å². The Morgan fingerprint density at radius 2 is 2.05 bits per heavy atom. The van der Waals surface area contributed by atoms with E-state index in [1.165, 1.54) is 0 Å². The number of anilines is 1. The Morgan fingerprint density at radius 1 is 1.35 bits per heavy atom. The number of amides is 1. The van der Waals surface area contributed by atoms with E-state index in [9.17, 15) is 4.79 Å². The molecular formula is C16H27N3O. The van der Waals surface area contributed by atoms with Crippen molar-refractivity contribution < 1.29 is 4.79 Å². The van der Waals surface area contributed by atoms with Crippen molar-refractivity contribution in [1.82, 2.24) is 4.98 Å². The minimum Gasteiger partial charge on any atom is -0.330 e. The number of nitrogens with two attached hydrogens (primary N) is 1. The topological polar surface area (TPSA) is 68.0 Å². The highest BCUT2D eigenvalue weighted by molar-refractivity contribution is 5.89. The van der Waals surface area contributed by atoms with Crippen LogP contribution in [0.25, 0.3) is 0 Å². The molecule has 0 fully saturated rings. The van der Waals surface area contributed by atoms with Crippen LogP contribution < -0.4 is 11.1 Å². The van der Waals surface area contributed by atoms with Crippen molar-refractivity contribution in [2.45, 2.75) is 47.0 Å². The summed E-state index contributed by atoms with van der Waals surface area (Å²) in [6, 6.07) is 3.77. The zero-order valence-electron chi connectivity index (χ0n) is 13.1. The molecule has 20 heavy (non-hydrogen) atoms. The first kappa shape index (κ1) is 16.6. The number of pyridine rings is 1. The van der Waals surface area contributed by atoms with Gasteiger partial charge in [-0.05, 0) is 49.3 Å². The zero-order valence-corrected chi connectivity index (χ0v) is 13.1. The number of aromatic nitrogens is 1. The average Bonchev–Trinajstić information content (AvgIpc) is 2.36. The summed E-state index contributed by atoms with van der Waals surface area (Å²) < 4.78 is 0. The monoisotopic (exact) mass is 277 g/mol. The lowest BCUT2D eigenvalue weighted by molar-refractivity contribution is -0.116. The molecule has 0 aliphatic heterocycles. The summed E-state index contributed by atoms with van der Waals surface area (Å²) in [6.45, 7) is 9.24. The molecule has 1 unspecified atom stereocenters. The molecular weight excluding hydrogens is 250 g/mol. The second kappa shape index (κ2) is 7.39. The van der Waals surface area contributed by atoms with Crippen LogP contribution in [0.3, 0.4) is 0 Å². The van der Waals surface area contributed by atoms with Gasteiger partial charge < -0.3 is 11.1 Å². The number of hydrogen-bond acceptors (Lipinski definition) is 3. The van der Waals surface area contributed by atoms with Crippen molar-refractivity contribution in [3.8, 4) is 0 Å². The molecule has 0 aromatic carbocycles. The molecule has 4 nitrogen and oxygen atoms in total. The number of rotatable bonds is 6. The maximum atomic E-state index is 12.0. The largest absolute Gasteiger partial charge is 0.330 e. The maximum Gasteiger partial charge on any atom is 0.225 e. The number of carbonyl (C=O) groups is 1. The number of nitrogens with zero attached hydrogens (tertiary/aromatic N) is 1. The predicted octanol–water partition coefficient (Wildman–Crippen LogP) is 3.12. The number of hydrogen-bond donors (Lipinski definition) is 2. The molecule has 0 bridgehead atoms. The van der Waals surface area contributed by atoms with E-state index in [0.29, 0.717) is 24.7 Å². The molecule has 1 aromatic heterocycles. The molecule has 1 rings (SSSR count). The summed E-state index contributed by atoms with van der Waals surface area (Å²) in [5, 5.41) is 2.84. The smallest absolute Gasteiger partial charge is 0.225 e. The van der Waals surface area contributed by atoms with E-state index >= 15 is 0 Å². The molecule has 0 aliphatic carbocycles. The highest BCUT2D eigenvalue weighted by atomic mass is 16.1. The third-order valence-electron chi connectivity index (χ3n) is 3.64. The zero-order chi connectivity index (χ0) is 15.2. The molecule has 1 aromatic rings. The Hall–Kier alpha value is -1.42. The van der Waals surface area contributed by atoms with Gasteiger partial charge in [0.25, 0.3) is 0 Å². The van der Waals surface area contributed by atoms with E-state index in [4.69, 9.17) is 5.73 Å². The number of carbonyl (C=O) groups excluding carboxylic acids is 1. The minimum absolute atomic E-state index is 0.0209. The Labute approximate surface area is 122 Å². The van der Waals surface area contributed by atoms with Crippen LogP contribution in [0.5, 0.6) is 0 Å². The SMILES string of the molecule is Cc1ccc(NC(=O)CCC(CCN)C(C)(C)C)nc1. The molecule has 3 N–H and O–H groups in total. The van der Waals surface area contributed by atoms with Gasteiger partial charge in [-0.2, -0.15) is 0 Å². The quantitative estimate of drug-likeness (QED) is 0.839. The van der Waals surface area contributed by atoms with Gasteiger partial charge in [0.05, 0.1) is 0 Å². The summed E-state index contributed by atoms with van der Waals surface area (Å²) in [5.74, 6) is 1.10. The average molecular weight is 277 g/mol. The third kappa shape index (κ3) is 5.70. The van der Waals surface area contributed by atoms with Gasteiger partial charge in [-0.3, -0.25) is 4.79 Å². The molecule has 0 saturated heterocycles. The molecule has 0 saturated carbocycles. The van der Waals surface area contributed by atoms with Gasteiger partial charge in [0.15, 0.2) is 0 Å². The lowest BCUT2D eigenvalue weighted by atomic mass is 9.76. The van der Waals surface area contributed by atoms with Crippen LogP contribution in [-0.2, 0) is 4.79 Å². The molecule has 112 valence electrons. The molecule has 0 aliphatic rings. The molecule has 0 spiro atoms. The van der Waals surface area contributed by atoms with Crippen LogP contribution in [0.1, 0.15) is 45.6 Å². The van der Waals surface area contributed by atoms with E-state index < -0.39 is 0 Å². The second-order valence-electron chi connectivity index (χ2n) is 6.45. The summed E-state index contributed by atoms with van der Waals surface area (Å²) in [4.78, 5) is 16.1.